The number of hydrogen-bond acceptors (Lipinski definition) is 5. The van der Waals surface area contributed by atoms with Crippen molar-refractivity contribution in [1.29, 1.82) is 0 Å². The van der Waals surface area contributed by atoms with E-state index in [0.29, 0.717) is 18.6 Å². The Kier molecular flexibility index (Phi) is 3.63. The summed E-state index contributed by atoms with van der Waals surface area (Å²) in [6.45, 7) is 1.43. The molecular formula is C15H20N2O3. The van der Waals surface area contributed by atoms with Gasteiger partial charge < -0.3 is 20.5 Å². The molecule has 2 aliphatic rings. The number of nitrogens with one attached hydrogen (secondary N) is 1. The van der Waals surface area contributed by atoms with Crippen molar-refractivity contribution in [2.75, 3.05) is 26.1 Å². The van der Waals surface area contributed by atoms with Crippen molar-refractivity contribution < 1.29 is 14.3 Å². The van der Waals surface area contributed by atoms with Gasteiger partial charge >= 0.3 is 5.97 Å². The molecule has 4 unspecified atom stereocenters. The largest absolute Gasteiger partial charge is 0.469 e. The Hall–Kier alpha value is -1.59. The van der Waals surface area contributed by atoms with Gasteiger partial charge in [0.1, 0.15) is 0 Å². The van der Waals surface area contributed by atoms with E-state index in [1.165, 1.54) is 7.11 Å². The first-order valence-electron chi connectivity index (χ1n) is 6.96. The van der Waals surface area contributed by atoms with E-state index in [1.54, 1.807) is 0 Å². The molecule has 2 fully saturated rings. The number of rotatable bonds is 2. The topological polar surface area (TPSA) is 73.6 Å². The highest BCUT2D eigenvalue weighted by molar-refractivity contribution is 5.73. The summed E-state index contributed by atoms with van der Waals surface area (Å²) in [5.41, 5.74) is 7.52. The highest BCUT2D eigenvalue weighted by atomic mass is 16.5. The van der Waals surface area contributed by atoms with Crippen LogP contribution in [0.4, 0.5) is 5.69 Å². The van der Waals surface area contributed by atoms with Crippen LogP contribution < -0.4 is 11.1 Å². The van der Waals surface area contributed by atoms with E-state index in [4.69, 9.17) is 15.2 Å². The second kappa shape index (κ2) is 5.42. The van der Waals surface area contributed by atoms with Crippen LogP contribution >= 0.6 is 0 Å². The molecule has 2 saturated heterocycles. The van der Waals surface area contributed by atoms with Gasteiger partial charge in [-0.1, -0.05) is 12.1 Å². The molecule has 2 heterocycles. The molecule has 0 amide bonds. The maximum absolute atomic E-state index is 12.1. The lowest BCUT2D eigenvalue weighted by Gasteiger charge is -2.37. The van der Waals surface area contributed by atoms with Gasteiger partial charge in [-0.15, -0.1) is 0 Å². The van der Waals surface area contributed by atoms with Gasteiger partial charge in [-0.2, -0.15) is 0 Å². The molecule has 2 aliphatic heterocycles. The number of carbonyl (C=O) groups is 1. The lowest BCUT2D eigenvalue weighted by Crippen LogP contribution is -2.49. The van der Waals surface area contributed by atoms with Gasteiger partial charge in [0, 0.05) is 23.7 Å². The Balaban J connectivity index is 1.88. The quantitative estimate of drug-likeness (QED) is 0.625. The Labute approximate surface area is 118 Å². The van der Waals surface area contributed by atoms with Gasteiger partial charge in [-0.05, 0) is 24.1 Å². The molecule has 1 aromatic rings. The molecule has 20 heavy (non-hydrogen) atoms. The third-order valence-corrected chi connectivity index (χ3v) is 4.35. The van der Waals surface area contributed by atoms with Gasteiger partial charge in [0.25, 0.3) is 0 Å². The van der Waals surface area contributed by atoms with E-state index in [0.717, 1.165) is 24.3 Å². The number of nitrogen functional groups attached to an aromatic ring is 1. The number of fused-ring (bicyclic) bond motifs is 1. The number of benzene rings is 1. The van der Waals surface area contributed by atoms with Crippen LogP contribution in [-0.4, -0.2) is 32.3 Å². The Morgan fingerprint density at radius 3 is 2.80 bits per heavy atom. The predicted molar refractivity (Wildman–Crippen MR) is 75.0 cm³/mol. The zero-order valence-electron chi connectivity index (χ0n) is 11.5. The smallest absolute Gasteiger partial charge is 0.310 e. The van der Waals surface area contributed by atoms with Crippen LogP contribution in [0.2, 0.25) is 0 Å². The molecular weight excluding hydrogens is 256 g/mol. The fourth-order valence-corrected chi connectivity index (χ4v) is 3.24. The summed E-state index contributed by atoms with van der Waals surface area (Å²) >= 11 is 0. The molecule has 5 nitrogen and oxygen atoms in total. The second-order valence-electron chi connectivity index (χ2n) is 5.58. The van der Waals surface area contributed by atoms with Crippen molar-refractivity contribution in [2.45, 2.75) is 18.5 Å². The molecule has 0 spiro atoms. The van der Waals surface area contributed by atoms with E-state index in [2.05, 4.69) is 5.32 Å². The number of methoxy groups -OCH3 is 1. The Morgan fingerprint density at radius 1 is 1.35 bits per heavy atom. The zero-order chi connectivity index (χ0) is 14.1. The average molecular weight is 276 g/mol. The minimum Gasteiger partial charge on any atom is -0.469 e. The predicted octanol–water partition coefficient (Wildman–Crippen LogP) is 1.11. The summed E-state index contributed by atoms with van der Waals surface area (Å²) in [5, 5.41) is 3.55. The first-order chi connectivity index (χ1) is 9.69. The number of piperidine rings is 1. The van der Waals surface area contributed by atoms with Crippen LogP contribution in [0, 0.1) is 11.8 Å². The lowest BCUT2D eigenvalue weighted by atomic mass is 9.79. The van der Waals surface area contributed by atoms with Crippen molar-refractivity contribution >= 4 is 11.7 Å². The van der Waals surface area contributed by atoms with Crippen molar-refractivity contribution in [3.63, 3.8) is 0 Å². The molecule has 5 heteroatoms. The highest BCUT2D eigenvalue weighted by Gasteiger charge is 2.43. The minimum atomic E-state index is -0.174. The zero-order valence-corrected chi connectivity index (χ0v) is 11.5. The van der Waals surface area contributed by atoms with Crippen LogP contribution in [0.5, 0.6) is 0 Å². The summed E-state index contributed by atoms with van der Waals surface area (Å²) in [4.78, 5) is 12.1. The first-order valence-corrected chi connectivity index (χ1v) is 6.96. The van der Waals surface area contributed by atoms with E-state index >= 15 is 0 Å². The summed E-state index contributed by atoms with van der Waals surface area (Å²) in [7, 11) is 1.44. The van der Waals surface area contributed by atoms with Crippen molar-refractivity contribution in [2.24, 2.45) is 11.8 Å². The van der Waals surface area contributed by atoms with Crippen LogP contribution in [0.15, 0.2) is 24.3 Å². The van der Waals surface area contributed by atoms with Gasteiger partial charge in [-0.25, -0.2) is 0 Å². The molecule has 0 saturated carbocycles. The third kappa shape index (κ3) is 2.39. The number of nitrogens with two attached hydrogens (primary N) is 1. The van der Waals surface area contributed by atoms with Gasteiger partial charge in [0.15, 0.2) is 0 Å². The monoisotopic (exact) mass is 276 g/mol. The third-order valence-electron chi connectivity index (χ3n) is 4.35. The molecule has 0 bridgehead atoms. The summed E-state index contributed by atoms with van der Waals surface area (Å²) in [6.07, 6.45) is 0.805. The number of ether oxygens (including phenoxy) is 2. The molecule has 0 aliphatic carbocycles. The molecule has 4 atom stereocenters. The minimum absolute atomic E-state index is 0.0361. The standard InChI is InChI=1S/C15H20N2O3/c1-19-15(18)12-6-10-7-20-8-13(10)17-14(12)9-2-4-11(16)5-3-9/h2-5,10,12-14,17H,6-8,16H2,1H3. The normalized spacial score (nSPS) is 32.6. The van der Waals surface area contributed by atoms with Gasteiger partial charge in [0.05, 0.1) is 26.2 Å². The maximum atomic E-state index is 12.1. The van der Waals surface area contributed by atoms with Crippen molar-refractivity contribution in [1.82, 2.24) is 5.32 Å². The number of esters is 1. The number of anilines is 1. The van der Waals surface area contributed by atoms with Gasteiger partial charge in [-0.3, -0.25) is 4.79 Å². The molecule has 0 aromatic heterocycles. The molecule has 3 N–H and O–H groups in total. The van der Waals surface area contributed by atoms with Crippen LogP contribution in [0.3, 0.4) is 0 Å². The van der Waals surface area contributed by atoms with Crippen LogP contribution in [0.25, 0.3) is 0 Å². The second-order valence-corrected chi connectivity index (χ2v) is 5.58. The summed E-state index contributed by atoms with van der Waals surface area (Å²) in [6, 6.07) is 7.95. The summed E-state index contributed by atoms with van der Waals surface area (Å²) in [5.74, 6) is 0.0559. The lowest BCUT2D eigenvalue weighted by molar-refractivity contribution is -0.148. The fourth-order valence-electron chi connectivity index (χ4n) is 3.24. The van der Waals surface area contributed by atoms with Gasteiger partial charge in [0.2, 0.25) is 0 Å². The van der Waals surface area contributed by atoms with E-state index < -0.39 is 0 Å². The first kappa shape index (κ1) is 13.4. The Morgan fingerprint density at radius 2 is 2.10 bits per heavy atom. The van der Waals surface area contributed by atoms with E-state index in [-0.39, 0.29) is 17.9 Å². The Bertz CT molecular complexity index is 488. The van der Waals surface area contributed by atoms with Crippen molar-refractivity contribution in [3.8, 4) is 0 Å². The van der Waals surface area contributed by atoms with Crippen molar-refractivity contribution in [3.05, 3.63) is 29.8 Å². The fraction of sp³-hybridized carbons (Fsp3) is 0.533. The number of hydrogen-bond donors (Lipinski definition) is 2. The maximum Gasteiger partial charge on any atom is 0.310 e. The SMILES string of the molecule is COC(=O)C1CC2COCC2NC1c1ccc(N)cc1. The summed E-state index contributed by atoms with van der Waals surface area (Å²) < 4.78 is 10.5. The molecule has 0 radical (unpaired) electrons. The highest BCUT2D eigenvalue weighted by Crippen LogP contribution is 2.37. The van der Waals surface area contributed by atoms with E-state index in [1.807, 2.05) is 24.3 Å². The number of carbonyl (C=O) groups excluding carboxylic acids is 1. The molecule has 1 aromatic carbocycles. The van der Waals surface area contributed by atoms with Crippen LogP contribution in [0.1, 0.15) is 18.0 Å². The van der Waals surface area contributed by atoms with E-state index in [9.17, 15) is 4.79 Å². The van der Waals surface area contributed by atoms with Crippen LogP contribution in [-0.2, 0) is 14.3 Å². The molecule has 3 rings (SSSR count). The average Bonchev–Trinajstić information content (AvgIpc) is 2.93. The molecule has 108 valence electrons.